The number of esters is 1. The van der Waals surface area contributed by atoms with Crippen molar-refractivity contribution in [1.29, 1.82) is 0 Å². The maximum absolute atomic E-state index is 13.9. The summed E-state index contributed by atoms with van der Waals surface area (Å²) in [7, 11) is 0. The summed E-state index contributed by atoms with van der Waals surface area (Å²) in [5.41, 5.74) is 0.565. The predicted molar refractivity (Wildman–Crippen MR) is 96.3 cm³/mol. The monoisotopic (exact) mass is 419 g/mol. The Bertz CT molecular complexity index is 853. The highest BCUT2D eigenvalue weighted by Gasteiger charge is 2.37. The van der Waals surface area contributed by atoms with Gasteiger partial charge < -0.3 is 9.64 Å². The highest BCUT2D eigenvalue weighted by Crippen LogP contribution is 2.27. The fourth-order valence-corrected chi connectivity index (χ4v) is 3.01. The van der Waals surface area contributed by atoms with Crippen molar-refractivity contribution in [3.63, 3.8) is 0 Å². The first-order valence-electron chi connectivity index (χ1n) is 7.96. The fraction of sp³-hybridized carbons (Fsp3) is 0.211. The Morgan fingerprint density at radius 2 is 1.85 bits per heavy atom. The Labute approximate surface area is 157 Å². The molecule has 7 heteroatoms. The molecular formula is C19H15BrFNO4. The molecule has 1 fully saturated rings. The minimum Gasteiger partial charge on any atom is -0.457 e. The van der Waals surface area contributed by atoms with E-state index in [0.29, 0.717) is 5.56 Å². The van der Waals surface area contributed by atoms with E-state index in [2.05, 4.69) is 15.9 Å². The van der Waals surface area contributed by atoms with Crippen LogP contribution in [0.5, 0.6) is 0 Å². The van der Waals surface area contributed by atoms with Gasteiger partial charge >= 0.3 is 5.97 Å². The molecule has 0 aromatic heterocycles. The first kappa shape index (κ1) is 18.3. The normalized spacial score (nSPS) is 16.6. The number of ether oxygens (including phenoxy) is 1. The highest BCUT2D eigenvalue weighted by atomic mass is 79.9. The number of Topliss-reactive ketones (excluding diaryl/α,β-unsaturated/α-hetero) is 1. The topological polar surface area (TPSA) is 63.7 Å². The lowest BCUT2D eigenvalue weighted by Gasteiger charge is -2.17. The molecular weight excluding hydrogens is 405 g/mol. The average Bonchev–Trinajstić information content (AvgIpc) is 3.02. The second kappa shape index (κ2) is 7.78. The lowest BCUT2D eigenvalue weighted by atomic mass is 10.1. The largest absolute Gasteiger partial charge is 0.457 e. The zero-order valence-electron chi connectivity index (χ0n) is 13.7. The van der Waals surface area contributed by atoms with E-state index in [1.165, 1.54) is 23.1 Å². The number of carbonyl (C=O) groups is 3. The van der Waals surface area contributed by atoms with Gasteiger partial charge in [0, 0.05) is 23.0 Å². The predicted octanol–water partition coefficient (Wildman–Crippen LogP) is 3.37. The lowest BCUT2D eigenvalue weighted by Crippen LogP contribution is -2.27. The number of ketones is 1. The maximum Gasteiger partial charge on any atom is 0.311 e. The molecule has 1 aliphatic heterocycles. The molecule has 0 saturated carbocycles. The summed E-state index contributed by atoms with van der Waals surface area (Å²) in [6, 6.07) is 12.6. The molecule has 0 spiro atoms. The second-order valence-corrected chi connectivity index (χ2v) is 6.81. The van der Waals surface area contributed by atoms with Crippen molar-refractivity contribution in [3.8, 4) is 0 Å². The van der Waals surface area contributed by atoms with E-state index in [9.17, 15) is 18.8 Å². The number of benzene rings is 2. The van der Waals surface area contributed by atoms with Gasteiger partial charge in [0.2, 0.25) is 5.91 Å². The quantitative estimate of drug-likeness (QED) is 0.550. The van der Waals surface area contributed by atoms with Gasteiger partial charge in [0.25, 0.3) is 0 Å². The number of anilines is 1. The molecule has 2 aromatic carbocycles. The molecule has 2 aromatic rings. The van der Waals surface area contributed by atoms with E-state index in [1.54, 1.807) is 30.3 Å². The van der Waals surface area contributed by atoms with Gasteiger partial charge in [0.15, 0.2) is 12.4 Å². The first-order chi connectivity index (χ1) is 12.5. The molecule has 5 nitrogen and oxygen atoms in total. The molecule has 0 bridgehead atoms. The van der Waals surface area contributed by atoms with Crippen LogP contribution in [-0.2, 0) is 14.3 Å². The molecule has 1 heterocycles. The van der Waals surface area contributed by atoms with Crippen LogP contribution in [0.15, 0.2) is 53.0 Å². The maximum atomic E-state index is 13.9. The summed E-state index contributed by atoms with van der Waals surface area (Å²) in [5, 5.41) is 0. The van der Waals surface area contributed by atoms with Crippen LogP contribution in [0.2, 0.25) is 0 Å². The Hall–Kier alpha value is -2.54. The van der Waals surface area contributed by atoms with Crippen LogP contribution >= 0.6 is 15.9 Å². The molecule has 1 atom stereocenters. The van der Waals surface area contributed by atoms with Gasteiger partial charge in [-0.05, 0) is 24.3 Å². The average molecular weight is 420 g/mol. The molecule has 1 aliphatic rings. The molecule has 0 radical (unpaired) electrons. The van der Waals surface area contributed by atoms with Gasteiger partial charge in [-0.25, -0.2) is 4.39 Å². The van der Waals surface area contributed by atoms with Gasteiger partial charge in [-0.2, -0.15) is 0 Å². The third kappa shape index (κ3) is 3.99. The summed E-state index contributed by atoms with van der Waals surface area (Å²) >= 11 is 3.28. The van der Waals surface area contributed by atoms with E-state index in [-0.39, 0.29) is 30.3 Å². The Morgan fingerprint density at radius 3 is 2.54 bits per heavy atom. The molecule has 1 unspecified atom stereocenters. The number of carbonyl (C=O) groups excluding carboxylic acids is 3. The van der Waals surface area contributed by atoms with Crippen molar-refractivity contribution in [2.75, 3.05) is 18.1 Å². The number of para-hydroxylation sites is 1. The summed E-state index contributed by atoms with van der Waals surface area (Å²) in [6.07, 6.45) is -0.0698. The standard InChI is InChI=1S/C19H15BrFNO4/c20-14-7-5-12(6-8-14)17(23)11-26-19(25)13-9-18(24)22(10-13)16-4-2-1-3-15(16)21/h1-8,13H,9-11H2. The van der Waals surface area contributed by atoms with Gasteiger partial charge in [0.1, 0.15) is 5.82 Å². The van der Waals surface area contributed by atoms with Crippen LogP contribution in [0, 0.1) is 11.7 Å². The summed E-state index contributed by atoms with van der Waals surface area (Å²) in [4.78, 5) is 37.6. The van der Waals surface area contributed by atoms with Crippen LogP contribution in [0.1, 0.15) is 16.8 Å². The SMILES string of the molecule is O=C(COC(=O)C1CC(=O)N(c2ccccc2F)C1)c1ccc(Br)cc1. The van der Waals surface area contributed by atoms with Crippen molar-refractivity contribution in [1.82, 2.24) is 0 Å². The minimum absolute atomic E-state index is 0.0328. The van der Waals surface area contributed by atoms with Crippen molar-refractivity contribution >= 4 is 39.3 Å². The van der Waals surface area contributed by atoms with Crippen molar-refractivity contribution < 1.29 is 23.5 Å². The summed E-state index contributed by atoms with van der Waals surface area (Å²) < 4.78 is 19.8. The molecule has 26 heavy (non-hydrogen) atoms. The highest BCUT2D eigenvalue weighted by molar-refractivity contribution is 9.10. The van der Waals surface area contributed by atoms with Crippen molar-refractivity contribution in [3.05, 3.63) is 64.4 Å². The second-order valence-electron chi connectivity index (χ2n) is 5.89. The number of halogens is 2. The summed E-state index contributed by atoms with van der Waals surface area (Å²) in [6.45, 7) is -0.365. The first-order valence-corrected chi connectivity index (χ1v) is 8.75. The van der Waals surface area contributed by atoms with E-state index in [4.69, 9.17) is 4.74 Å². The van der Waals surface area contributed by atoms with E-state index >= 15 is 0 Å². The smallest absolute Gasteiger partial charge is 0.311 e. The van der Waals surface area contributed by atoms with Crippen molar-refractivity contribution in [2.24, 2.45) is 5.92 Å². The molecule has 1 amide bonds. The molecule has 134 valence electrons. The minimum atomic E-state index is -0.722. The molecule has 0 aliphatic carbocycles. The van der Waals surface area contributed by atoms with Crippen LogP contribution in [-0.4, -0.2) is 30.8 Å². The van der Waals surface area contributed by atoms with Gasteiger partial charge in [-0.3, -0.25) is 14.4 Å². The third-order valence-electron chi connectivity index (χ3n) is 4.11. The Morgan fingerprint density at radius 1 is 1.15 bits per heavy atom. The number of hydrogen-bond donors (Lipinski definition) is 0. The zero-order chi connectivity index (χ0) is 18.7. The lowest BCUT2D eigenvalue weighted by molar-refractivity contribution is -0.147. The van der Waals surface area contributed by atoms with E-state index in [0.717, 1.165) is 4.47 Å². The van der Waals surface area contributed by atoms with E-state index in [1.807, 2.05) is 0 Å². The van der Waals surface area contributed by atoms with Gasteiger partial charge in [-0.15, -0.1) is 0 Å². The zero-order valence-corrected chi connectivity index (χ0v) is 15.2. The Kier molecular flexibility index (Phi) is 5.46. The van der Waals surface area contributed by atoms with Crippen LogP contribution in [0.3, 0.4) is 0 Å². The van der Waals surface area contributed by atoms with Crippen LogP contribution in [0.25, 0.3) is 0 Å². The third-order valence-corrected chi connectivity index (χ3v) is 4.64. The number of amides is 1. The molecule has 3 rings (SSSR count). The van der Waals surface area contributed by atoms with Gasteiger partial charge in [-0.1, -0.05) is 40.2 Å². The number of hydrogen-bond acceptors (Lipinski definition) is 4. The molecule has 0 N–H and O–H groups in total. The van der Waals surface area contributed by atoms with E-state index < -0.39 is 24.3 Å². The van der Waals surface area contributed by atoms with Crippen LogP contribution in [0.4, 0.5) is 10.1 Å². The molecule has 1 saturated heterocycles. The van der Waals surface area contributed by atoms with Gasteiger partial charge in [0.05, 0.1) is 11.6 Å². The van der Waals surface area contributed by atoms with Crippen LogP contribution < -0.4 is 4.90 Å². The fourth-order valence-electron chi connectivity index (χ4n) is 2.74. The Balaban J connectivity index is 1.59. The van der Waals surface area contributed by atoms with Crippen molar-refractivity contribution in [2.45, 2.75) is 6.42 Å². The number of rotatable bonds is 5. The summed E-state index contributed by atoms with van der Waals surface area (Å²) in [5.74, 6) is -2.57. The number of nitrogens with zero attached hydrogens (tertiary/aromatic N) is 1.